The Labute approximate surface area is 133 Å². The summed E-state index contributed by atoms with van der Waals surface area (Å²) in [6.45, 7) is 4.04. The molecule has 7 heteroatoms. The molecule has 0 aliphatic heterocycles. The summed E-state index contributed by atoms with van der Waals surface area (Å²) in [7, 11) is 0. The minimum atomic E-state index is -0.235. The highest BCUT2D eigenvalue weighted by atomic mass is 32.1. The predicted octanol–water partition coefficient (Wildman–Crippen LogP) is 2.57. The molecule has 1 aromatic carbocycles. The quantitative estimate of drug-likeness (QED) is 0.762. The Balaban J connectivity index is 2.13. The maximum Gasteiger partial charge on any atom is 0.228 e. The van der Waals surface area contributed by atoms with Crippen LogP contribution in [0.5, 0.6) is 0 Å². The van der Waals surface area contributed by atoms with Gasteiger partial charge in [-0.1, -0.05) is 25.2 Å². The number of hydrogen-bond acceptors (Lipinski definition) is 5. The van der Waals surface area contributed by atoms with Gasteiger partial charge in [0.2, 0.25) is 11.8 Å². The number of nitrogens with two attached hydrogens (primary N) is 1. The van der Waals surface area contributed by atoms with Crippen molar-refractivity contribution in [2.24, 2.45) is 11.7 Å². The number of nitrogens with zero attached hydrogens (tertiary/aromatic N) is 1. The van der Waals surface area contributed by atoms with Gasteiger partial charge in [-0.05, 0) is 24.6 Å². The fourth-order valence-electron chi connectivity index (χ4n) is 1.84. The van der Waals surface area contributed by atoms with Gasteiger partial charge in [0.15, 0.2) is 5.13 Å². The molecule has 0 bridgehead atoms. The zero-order valence-electron chi connectivity index (χ0n) is 12.7. The maximum atomic E-state index is 11.8. The lowest BCUT2D eigenvalue weighted by Gasteiger charge is -2.09. The SMILES string of the molecule is CCCC(=O)Nc1nc2ccc(NC(=O)C(C)CN)cc2s1. The van der Waals surface area contributed by atoms with E-state index in [4.69, 9.17) is 5.73 Å². The molecule has 22 heavy (non-hydrogen) atoms. The van der Waals surface area contributed by atoms with Crippen LogP contribution < -0.4 is 16.4 Å². The Morgan fingerprint density at radius 3 is 2.82 bits per heavy atom. The first kappa shape index (κ1) is 16.4. The number of benzene rings is 1. The molecule has 0 aliphatic carbocycles. The smallest absolute Gasteiger partial charge is 0.228 e. The van der Waals surface area contributed by atoms with Crippen LogP contribution >= 0.6 is 11.3 Å². The lowest BCUT2D eigenvalue weighted by Crippen LogP contribution is -2.26. The standard InChI is InChI=1S/C15H20N4O2S/c1-3-4-13(20)19-15-18-11-6-5-10(7-12(11)22-15)17-14(21)9(2)8-16/h5-7,9H,3-4,8,16H2,1-2H3,(H,17,21)(H,18,19,20). The molecule has 1 aromatic heterocycles. The third kappa shape index (κ3) is 4.02. The Morgan fingerprint density at radius 2 is 2.14 bits per heavy atom. The van der Waals surface area contributed by atoms with Crippen LogP contribution in [-0.4, -0.2) is 23.3 Å². The number of aromatic nitrogens is 1. The van der Waals surface area contributed by atoms with Gasteiger partial charge in [-0.3, -0.25) is 9.59 Å². The average Bonchev–Trinajstić information content (AvgIpc) is 2.87. The van der Waals surface area contributed by atoms with Gasteiger partial charge in [0.25, 0.3) is 0 Å². The van der Waals surface area contributed by atoms with Crippen molar-refractivity contribution in [3.05, 3.63) is 18.2 Å². The Bertz CT molecular complexity index is 683. The second-order valence-corrected chi connectivity index (χ2v) is 6.16. The fourth-order valence-corrected chi connectivity index (χ4v) is 2.76. The van der Waals surface area contributed by atoms with E-state index in [0.29, 0.717) is 23.8 Å². The van der Waals surface area contributed by atoms with Crippen molar-refractivity contribution in [2.75, 3.05) is 17.2 Å². The normalized spacial score (nSPS) is 12.1. The first-order valence-electron chi connectivity index (χ1n) is 7.24. The van der Waals surface area contributed by atoms with Gasteiger partial charge >= 0.3 is 0 Å². The molecular formula is C15H20N4O2S. The summed E-state index contributed by atoms with van der Waals surface area (Å²) < 4.78 is 0.907. The van der Waals surface area contributed by atoms with E-state index in [0.717, 1.165) is 16.6 Å². The molecule has 0 aliphatic rings. The number of rotatable bonds is 6. The molecule has 0 spiro atoms. The number of thiazole rings is 1. The predicted molar refractivity (Wildman–Crippen MR) is 90.0 cm³/mol. The van der Waals surface area contributed by atoms with E-state index in [2.05, 4.69) is 15.6 Å². The number of anilines is 2. The lowest BCUT2D eigenvalue weighted by molar-refractivity contribution is -0.119. The summed E-state index contributed by atoms with van der Waals surface area (Å²) in [5, 5.41) is 6.19. The molecule has 0 saturated carbocycles. The van der Waals surface area contributed by atoms with E-state index in [1.807, 2.05) is 19.1 Å². The van der Waals surface area contributed by atoms with Crippen LogP contribution in [0.1, 0.15) is 26.7 Å². The number of nitrogens with one attached hydrogen (secondary N) is 2. The van der Waals surface area contributed by atoms with Crippen LogP contribution in [0.15, 0.2) is 18.2 Å². The van der Waals surface area contributed by atoms with Crippen molar-refractivity contribution in [3.8, 4) is 0 Å². The topological polar surface area (TPSA) is 97.1 Å². The van der Waals surface area contributed by atoms with Crippen LogP contribution in [0.4, 0.5) is 10.8 Å². The molecule has 6 nitrogen and oxygen atoms in total. The van der Waals surface area contributed by atoms with Gasteiger partial charge in [0.05, 0.1) is 10.2 Å². The summed E-state index contributed by atoms with van der Waals surface area (Å²) in [6.07, 6.45) is 1.28. The molecule has 4 N–H and O–H groups in total. The minimum absolute atomic E-state index is 0.0353. The molecule has 1 heterocycles. The van der Waals surface area contributed by atoms with Crippen LogP contribution in [0.2, 0.25) is 0 Å². The maximum absolute atomic E-state index is 11.8. The summed E-state index contributed by atoms with van der Waals surface area (Å²) in [5.74, 6) is -0.379. The van der Waals surface area contributed by atoms with Gasteiger partial charge in [-0.25, -0.2) is 4.98 Å². The second-order valence-electron chi connectivity index (χ2n) is 5.13. The third-order valence-corrected chi connectivity index (χ3v) is 4.11. The summed E-state index contributed by atoms with van der Waals surface area (Å²) in [5.41, 5.74) is 6.98. The van der Waals surface area contributed by atoms with Crippen molar-refractivity contribution < 1.29 is 9.59 Å². The number of hydrogen-bond donors (Lipinski definition) is 3. The lowest BCUT2D eigenvalue weighted by atomic mass is 10.1. The summed E-state index contributed by atoms with van der Waals surface area (Å²) in [6, 6.07) is 5.47. The third-order valence-electron chi connectivity index (χ3n) is 3.18. The van der Waals surface area contributed by atoms with Crippen LogP contribution in [0.25, 0.3) is 10.2 Å². The highest BCUT2D eigenvalue weighted by molar-refractivity contribution is 7.22. The van der Waals surface area contributed by atoms with Crippen LogP contribution in [0, 0.1) is 5.92 Å². The average molecular weight is 320 g/mol. The molecular weight excluding hydrogens is 300 g/mol. The first-order valence-corrected chi connectivity index (χ1v) is 8.06. The molecule has 1 unspecified atom stereocenters. The van der Waals surface area contributed by atoms with Crippen LogP contribution in [0.3, 0.4) is 0 Å². The monoisotopic (exact) mass is 320 g/mol. The van der Waals surface area contributed by atoms with E-state index in [1.165, 1.54) is 11.3 Å². The van der Waals surface area contributed by atoms with Gasteiger partial charge in [0, 0.05) is 24.6 Å². The highest BCUT2D eigenvalue weighted by Gasteiger charge is 2.12. The van der Waals surface area contributed by atoms with E-state index >= 15 is 0 Å². The second kappa shape index (κ2) is 7.33. The Hall–Kier alpha value is -1.99. The summed E-state index contributed by atoms with van der Waals surface area (Å²) in [4.78, 5) is 27.8. The molecule has 1 atom stereocenters. The van der Waals surface area contributed by atoms with E-state index in [-0.39, 0.29) is 17.7 Å². The van der Waals surface area contributed by atoms with Gasteiger partial charge in [-0.2, -0.15) is 0 Å². The van der Waals surface area contributed by atoms with E-state index in [9.17, 15) is 9.59 Å². The largest absolute Gasteiger partial charge is 0.330 e. The highest BCUT2D eigenvalue weighted by Crippen LogP contribution is 2.28. The number of carbonyl (C=O) groups is 2. The molecule has 2 rings (SSSR count). The Kier molecular flexibility index (Phi) is 5.46. The molecule has 0 radical (unpaired) electrons. The van der Waals surface area contributed by atoms with Crippen LogP contribution in [-0.2, 0) is 9.59 Å². The van der Waals surface area contributed by atoms with Gasteiger partial charge < -0.3 is 16.4 Å². The van der Waals surface area contributed by atoms with Crippen molar-refractivity contribution >= 4 is 44.2 Å². The fraction of sp³-hybridized carbons (Fsp3) is 0.400. The number of amides is 2. The van der Waals surface area contributed by atoms with Crippen molar-refractivity contribution in [2.45, 2.75) is 26.7 Å². The number of carbonyl (C=O) groups excluding carboxylic acids is 2. The van der Waals surface area contributed by atoms with Crippen molar-refractivity contribution in [1.82, 2.24) is 4.98 Å². The minimum Gasteiger partial charge on any atom is -0.330 e. The Morgan fingerprint density at radius 1 is 1.36 bits per heavy atom. The zero-order valence-corrected chi connectivity index (χ0v) is 13.5. The zero-order chi connectivity index (χ0) is 16.1. The molecule has 118 valence electrons. The first-order chi connectivity index (χ1) is 10.5. The molecule has 0 saturated heterocycles. The molecule has 2 amide bonds. The molecule has 2 aromatic rings. The molecule has 0 fully saturated rings. The van der Waals surface area contributed by atoms with Crippen molar-refractivity contribution in [3.63, 3.8) is 0 Å². The summed E-state index contributed by atoms with van der Waals surface area (Å²) >= 11 is 1.39. The van der Waals surface area contributed by atoms with Gasteiger partial charge in [-0.15, -0.1) is 0 Å². The van der Waals surface area contributed by atoms with Gasteiger partial charge in [0.1, 0.15) is 0 Å². The number of fused-ring (bicyclic) bond motifs is 1. The van der Waals surface area contributed by atoms with E-state index in [1.54, 1.807) is 13.0 Å². The van der Waals surface area contributed by atoms with E-state index < -0.39 is 0 Å². The van der Waals surface area contributed by atoms with Crippen molar-refractivity contribution in [1.29, 1.82) is 0 Å².